The van der Waals surface area contributed by atoms with E-state index in [1.54, 1.807) is 13.8 Å². The van der Waals surface area contributed by atoms with Gasteiger partial charge in [-0.2, -0.15) is 5.11 Å². The van der Waals surface area contributed by atoms with Crippen LogP contribution < -0.4 is 4.74 Å². The fourth-order valence-corrected chi connectivity index (χ4v) is 1.84. The second-order valence-corrected chi connectivity index (χ2v) is 5.65. The summed E-state index contributed by atoms with van der Waals surface area (Å²) in [6.45, 7) is 7.30. The molecular formula is C18H19N2O2. The minimum atomic E-state index is -1.03. The Kier molecular flexibility index (Phi) is 4.71. The third kappa shape index (κ3) is 4.01. The predicted molar refractivity (Wildman–Crippen MR) is 86.9 cm³/mol. The van der Waals surface area contributed by atoms with Crippen LogP contribution in [0, 0.1) is 13.8 Å². The molecule has 0 aliphatic carbocycles. The number of carbonyl (C=O) groups excluding carboxylic acids is 1. The summed E-state index contributed by atoms with van der Waals surface area (Å²) < 4.78 is 5.73. The van der Waals surface area contributed by atoms with Crippen LogP contribution >= 0.6 is 0 Å². The van der Waals surface area contributed by atoms with Gasteiger partial charge in [-0.1, -0.05) is 18.2 Å². The van der Waals surface area contributed by atoms with Crippen molar-refractivity contribution >= 4 is 17.7 Å². The lowest BCUT2D eigenvalue weighted by molar-refractivity contribution is 0.177. The number of hydrogen-bond acceptors (Lipinski definition) is 4. The van der Waals surface area contributed by atoms with Crippen molar-refractivity contribution in [1.82, 2.24) is 0 Å². The Morgan fingerprint density at radius 3 is 2.27 bits per heavy atom. The topological polar surface area (TPSA) is 51.0 Å². The molecule has 0 atom stereocenters. The largest absolute Gasteiger partial charge is 0.477 e. The molecule has 0 bridgehead atoms. The highest BCUT2D eigenvalue weighted by molar-refractivity contribution is 5.64. The van der Waals surface area contributed by atoms with Crippen LogP contribution in [0.1, 0.15) is 25.0 Å². The Bertz CT molecular complexity index is 692. The van der Waals surface area contributed by atoms with Crippen LogP contribution in [0.5, 0.6) is 5.75 Å². The SMILES string of the molecule is Cc1cc(N=Nc2ccccc2)c(OC(C)(C)[C]=O)cc1C. The van der Waals surface area contributed by atoms with E-state index in [2.05, 4.69) is 10.2 Å². The molecular weight excluding hydrogens is 276 g/mol. The molecule has 0 aliphatic heterocycles. The molecule has 113 valence electrons. The molecule has 22 heavy (non-hydrogen) atoms. The smallest absolute Gasteiger partial charge is 0.245 e. The summed E-state index contributed by atoms with van der Waals surface area (Å²) in [7, 11) is 0. The molecule has 0 fully saturated rings. The minimum Gasteiger partial charge on any atom is -0.477 e. The monoisotopic (exact) mass is 295 g/mol. The van der Waals surface area contributed by atoms with E-state index >= 15 is 0 Å². The fourth-order valence-electron chi connectivity index (χ4n) is 1.84. The van der Waals surface area contributed by atoms with Gasteiger partial charge in [-0.3, -0.25) is 4.79 Å². The number of benzene rings is 2. The summed E-state index contributed by atoms with van der Waals surface area (Å²) in [5.41, 5.74) is 2.47. The molecule has 0 amide bonds. The van der Waals surface area contributed by atoms with Gasteiger partial charge in [0.1, 0.15) is 11.4 Å². The molecule has 0 unspecified atom stereocenters. The molecule has 2 aromatic carbocycles. The Hall–Kier alpha value is -2.49. The van der Waals surface area contributed by atoms with Gasteiger partial charge < -0.3 is 4.74 Å². The first kappa shape index (κ1) is 15.9. The van der Waals surface area contributed by atoms with E-state index in [1.165, 1.54) is 0 Å². The van der Waals surface area contributed by atoms with Gasteiger partial charge in [0, 0.05) is 0 Å². The van der Waals surface area contributed by atoms with E-state index in [4.69, 9.17) is 4.74 Å². The lowest BCUT2D eigenvalue weighted by atomic mass is 10.1. The van der Waals surface area contributed by atoms with Crippen molar-refractivity contribution in [3.63, 3.8) is 0 Å². The first-order chi connectivity index (χ1) is 10.4. The van der Waals surface area contributed by atoms with Crippen molar-refractivity contribution in [3.05, 3.63) is 53.6 Å². The van der Waals surface area contributed by atoms with Crippen LogP contribution in [0.15, 0.2) is 52.7 Å². The predicted octanol–water partition coefficient (Wildman–Crippen LogP) is 4.99. The molecule has 1 radical (unpaired) electrons. The van der Waals surface area contributed by atoms with Gasteiger partial charge >= 0.3 is 0 Å². The number of azo groups is 1. The maximum atomic E-state index is 11.0. The third-order valence-corrected chi connectivity index (χ3v) is 3.22. The quantitative estimate of drug-likeness (QED) is 0.730. The van der Waals surface area contributed by atoms with Gasteiger partial charge in [0.2, 0.25) is 6.29 Å². The third-order valence-electron chi connectivity index (χ3n) is 3.22. The molecule has 2 rings (SSSR count). The molecule has 4 nitrogen and oxygen atoms in total. The number of rotatable bonds is 5. The molecule has 2 aromatic rings. The van der Waals surface area contributed by atoms with E-state index < -0.39 is 5.60 Å². The highest BCUT2D eigenvalue weighted by Crippen LogP contribution is 2.34. The molecule has 0 aliphatic rings. The van der Waals surface area contributed by atoms with Crippen molar-refractivity contribution in [1.29, 1.82) is 0 Å². The Morgan fingerprint density at radius 1 is 1.00 bits per heavy atom. The van der Waals surface area contributed by atoms with E-state index in [1.807, 2.05) is 62.6 Å². The van der Waals surface area contributed by atoms with Crippen molar-refractivity contribution in [2.45, 2.75) is 33.3 Å². The summed E-state index contributed by atoms with van der Waals surface area (Å²) in [6.07, 6.45) is 1.88. The number of ether oxygens (including phenoxy) is 1. The highest BCUT2D eigenvalue weighted by Gasteiger charge is 2.22. The molecule has 4 heteroatoms. The van der Waals surface area contributed by atoms with E-state index in [9.17, 15) is 4.79 Å². The number of hydrogen-bond donors (Lipinski definition) is 0. The molecule has 0 spiro atoms. The number of aryl methyl sites for hydroxylation is 2. The Labute approximate surface area is 130 Å². The normalized spacial score (nSPS) is 11.6. The van der Waals surface area contributed by atoms with Gasteiger partial charge in [0.05, 0.1) is 5.69 Å². The van der Waals surface area contributed by atoms with Crippen molar-refractivity contribution < 1.29 is 9.53 Å². The van der Waals surface area contributed by atoms with Gasteiger partial charge in [-0.15, -0.1) is 5.11 Å². The standard InChI is InChI=1S/C18H19N2O2/c1-13-10-16(20-19-15-8-6-5-7-9-15)17(11-14(13)2)22-18(3,4)12-21/h5-11H,1-4H3. The summed E-state index contributed by atoms with van der Waals surface area (Å²) >= 11 is 0. The summed E-state index contributed by atoms with van der Waals surface area (Å²) in [4.78, 5) is 11.0. The zero-order valence-corrected chi connectivity index (χ0v) is 13.3. The minimum absolute atomic E-state index is 0.524. The molecule has 0 N–H and O–H groups in total. The Morgan fingerprint density at radius 2 is 1.64 bits per heavy atom. The first-order valence-electron chi connectivity index (χ1n) is 7.07. The molecule has 0 saturated carbocycles. The zero-order chi connectivity index (χ0) is 16.2. The van der Waals surface area contributed by atoms with Crippen LogP contribution in [0.4, 0.5) is 11.4 Å². The highest BCUT2D eigenvalue weighted by atomic mass is 16.5. The summed E-state index contributed by atoms with van der Waals surface area (Å²) in [5.74, 6) is 0.524. The lowest BCUT2D eigenvalue weighted by Gasteiger charge is -2.20. The Balaban J connectivity index is 2.39. The maximum absolute atomic E-state index is 11.0. The zero-order valence-electron chi connectivity index (χ0n) is 13.3. The van der Waals surface area contributed by atoms with Crippen LogP contribution in [-0.4, -0.2) is 11.9 Å². The molecule has 0 heterocycles. The lowest BCUT2D eigenvalue weighted by Crippen LogP contribution is -2.29. The van der Waals surface area contributed by atoms with Crippen LogP contribution in [-0.2, 0) is 4.79 Å². The molecule has 0 aromatic heterocycles. The number of nitrogens with zero attached hydrogens (tertiary/aromatic N) is 2. The first-order valence-corrected chi connectivity index (χ1v) is 7.07. The van der Waals surface area contributed by atoms with Gasteiger partial charge in [0.25, 0.3) is 0 Å². The van der Waals surface area contributed by atoms with Gasteiger partial charge in [-0.25, -0.2) is 0 Å². The van der Waals surface area contributed by atoms with Crippen molar-refractivity contribution in [3.8, 4) is 5.75 Å². The maximum Gasteiger partial charge on any atom is 0.245 e. The van der Waals surface area contributed by atoms with E-state index in [0.717, 1.165) is 16.8 Å². The van der Waals surface area contributed by atoms with Crippen molar-refractivity contribution in [2.24, 2.45) is 10.2 Å². The summed E-state index contributed by atoms with van der Waals surface area (Å²) in [5, 5.41) is 8.48. The fraction of sp³-hybridized carbons (Fsp3) is 0.278. The average Bonchev–Trinajstić information content (AvgIpc) is 2.50. The van der Waals surface area contributed by atoms with Crippen LogP contribution in [0.25, 0.3) is 0 Å². The second-order valence-electron chi connectivity index (χ2n) is 5.65. The van der Waals surface area contributed by atoms with Crippen molar-refractivity contribution in [2.75, 3.05) is 0 Å². The average molecular weight is 295 g/mol. The second kappa shape index (κ2) is 6.52. The van der Waals surface area contributed by atoms with Crippen LogP contribution in [0.3, 0.4) is 0 Å². The van der Waals surface area contributed by atoms with E-state index in [0.29, 0.717) is 11.4 Å². The van der Waals surface area contributed by atoms with E-state index in [-0.39, 0.29) is 0 Å². The summed E-state index contributed by atoms with van der Waals surface area (Å²) in [6, 6.07) is 13.2. The van der Waals surface area contributed by atoms with Crippen LogP contribution in [0.2, 0.25) is 0 Å². The van der Waals surface area contributed by atoms with Gasteiger partial charge in [0.15, 0.2) is 5.60 Å². The molecule has 0 saturated heterocycles. The van der Waals surface area contributed by atoms with Gasteiger partial charge in [-0.05, 0) is 63.1 Å².